The first-order valence-corrected chi connectivity index (χ1v) is 4.59. The zero-order valence-electron chi connectivity index (χ0n) is 8.06. The Kier molecular flexibility index (Phi) is 2.39. The van der Waals surface area contributed by atoms with Gasteiger partial charge >= 0.3 is 0 Å². The van der Waals surface area contributed by atoms with E-state index in [2.05, 4.69) is 20.4 Å². The second-order valence-electron chi connectivity index (χ2n) is 3.31. The fourth-order valence-electron chi connectivity index (χ4n) is 1.80. The Bertz CT molecular complexity index is 387. The summed E-state index contributed by atoms with van der Waals surface area (Å²) >= 11 is 0. The minimum Gasteiger partial charge on any atom is -0.312 e. The fraction of sp³-hybridized carbons (Fsp3) is 0.625. The first-order valence-electron chi connectivity index (χ1n) is 4.59. The molecule has 0 saturated carbocycles. The number of rotatable bonds is 2. The van der Waals surface area contributed by atoms with Crippen LogP contribution in [0.1, 0.15) is 17.0 Å². The summed E-state index contributed by atoms with van der Waals surface area (Å²) in [6.45, 7) is 4.12. The number of azide groups is 1. The number of nitrogens with zero attached hydrogens (tertiary/aromatic N) is 5. The summed E-state index contributed by atoms with van der Waals surface area (Å²) in [6.07, 6.45) is 0.955. The number of aromatic nitrogens is 2. The Balaban J connectivity index is 2.36. The van der Waals surface area contributed by atoms with E-state index < -0.39 is 0 Å². The summed E-state index contributed by atoms with van der Waals surface area (Å²) in [7, 11) is 0. The standard InChI is InChI=1S/C8H12N6/c1-6-7-4-10-3-2-8(7)14(12-6)5-11-13-9/h10H,2-5H2,1H3. The van der Waals surface area contributed by atoms with Crippen LogP contribution in [0.15, 0.2) is 5.11 Å². The van der Waals surface area contributed by atoms with Gasteiger partial charge in [0.2, 0.25) is 0 Å². The minimum atomic E-state index is 0.298. The summed E-state index contributed by atoms with van der Waals surface area (Å²) in [6, 6.07) is 0. The first kappa shape index (κ1) is 9.05. The number of fused-ring (bicyclic) bond motifs is 1. The molecule has 1 aromatic rings. The van der Waals surface area contributed by atoms with E-state index in [4.69, 9.17) is 5.53 Å². The summed E-state index contributed by atoms with van der Waals surface area (Å²) in [4.78, 5) is 2.74. The second-order valence-corrected chi connectivity index (χ2v) is 3.31. The zero-order chi connectivity index (χ0) is 9.97. The average Bonchev–Trinajstić information content (AvgIpc) is 2.54. The van der Waals surface area contributed by atoms with Crippen LogP contribution in [0.3, 0.4) is 0 Å². The predicted molar refractivity (Wildman–Crippen MR) is 51.5 cm³/mol. The maximum absolute atomic E-state index is 8.24. The second kappa shape index (κ2) is 3.69. The van der Waals surface area contributed by atoms with Gasteiger partial charge in [-0.3, -0.25) is 4.68 Å². The molecule has 0 aromatic carbocycles. The number of hydrogen-bond donors (Lipinski definition) is 1. The largest absolute Gasteiger partial charge is 0.312 e. The normalized spacial score (nSPS) is 14.6. The summed E-state index contributed by atoms with van der Waals surface area (Å²) in [5.41, 5.74) is 11.7. The molecule has 0 fully saturated rings. The van der Waals surface area contributed by atoms with Gasteiger partial charge in [0.05, 0.1) is 5.69 Å². The van der Waals surface area contributed by atoms with Gasteiger partial charge in [0, 0.05) is 35.7 Å². The van der Waals surface area contributed by atoms with Crippen molar-refractivity contribution < 1.29 is 0 Å². The van der Waals surface area contributed by atoms with Crippen molar-refractivity contribution >= 4 is 0 Å². The molecule has 6 nitrogen and oxygen atoms in total. The lowest BCUT2D eigenvalue weighted by atomic mass is 10.1. The van der Waals surface area contributed by atoms with E-state index in [0.717, 1.165) is 25.2 Å². The van der Waals surface area contributed by atoms with Gasteiger partial charge in [0.25, 0.3) is 0 Å². The van der Waals surface area contributed by atoms with Gasteiger partial charge in [-0.2, -0.15) is 5.10 Å². The van der Waals surface area contributed by atoms with Crippen molar-refractivity contribution in [2.24, 2.45) is 5.11 Å². The highest BCUT2D eigenvalue weighted by Crippen LogP contribution is 2.17. The van der Waals surface area contributed by atoms with Gasteiger partial charge in [-0.05, 0) is 12.5 Å². The van der Waals surface area contributed by atoms with Crippen LogP contribution < -0.4 is 5.32 Å². The number of hydrogen-bond acceptors (Lipinski definition) is 3. The SMILES string of the molecule is Cc1nn(CN=[N+]=[N-])c2c1CNCC2. The van der Waals surface area contributed by atoms with Crippen molar-refractivity contribution in [2.45, 2.75) is 26.6 Å². The van der Waals surface area contributed by atoms with Crippen LogP contribution in [0, 0.1) is 6.92 Å². The van der Waals surface area contributed by atoms with Gasteiger partial charge in [-0.1, -0.05) is 5.11 Å². The molecule has 6 heteroatoms. The molecule has 74 valence electrons. The molecule has 0 atom stereocenters. The molecule has 0 unspecified atom stereocenters. The third-order valence-corrected chi connectivity index (χ3v) is 2.47. The van der Waals surface area contributed by atoms with Crippen LogP contribution in [-0.4, -0.2) is 16.3 Å². The van der Waals surface area contributed by atoms with E-state index in [1.165, 1.54) is 11.3 Å². The van der Waals surface area contributed by atoms with Crippen LogP contribution in [0.2, 0.25) is 0 Å². The molecule has 0 saturated heterocycles. The molecule has 1 aliphatic rings. The van der Waals surface area contributed by atoms with Gasteiger partial charge in [0.15, 0.2) is 0 Å². The maximum Gasteiger partial charge on any atom is 0.120 e. The lowest BCUT2D eigenvalue weighted by Crippen LogP contribution is -2.24. The molecule has 2 heterocycles. The lowest BCUT2D eigenvalue weighted by molar-refractivity contribution is 0.560. The molecule has 2 rings (SSSR count). The van der Waals surface area contributed by atoms with Gasteiger partial charge in [0.1, 0.15) is 6.67 Å². The Morgan fingerprint density at radius 3 is 3.36 bits per heavy atom. The van der Waals surface area contributed by atoms with E-state index in [9.17, 15) is 0 Å². The van der Waals surface area contributed by atoms with E-state index in [1.54, 1.807) is 4.68 Å². The topological polar surface area (TPSA) is 78.6 Å². The monoisotopic (exact) mass is 192 g/mol. The van der Waals surface area contributed by atoms with Crippen LogP contribution in [0.25, 0.3) is 10.4 Å². The first-order chi connectivity index (χ1) is 6.83. The van der Waals surface area contributed by atoms with Gasteiger partial charge in [-0.15, -0.1) is 0 Å². The van der Waals surface area contributed by atoms with Crippen molar-refractivity contribution in [2.75, 3.05) is 6.54 Å². The smallest absolute Gasteiger partial charge is 0.120 e. The van der Waals surface area contributed by atoms with Gasteiger partial charge < -0.3 is 5.32 Å². The predicted octanol–water partition coefficient (Wildman–Crippen LogP) is 1.11. The molecule has 1 aromatic heterocycles. The molecular formula is C8H12N6. The van der Waals surface area contributed by atoms with Gasteiger partial charge in [-0.25, -0.2) is 0 Å². The van der Waals surface area contributed by atoms with E-state index >= 15 is 0 Å². The molecular weight excluding hydrogens is 180 g/mol. The Morgan fingerprint density at radius 2 is 2.57 bits per heavy atom. The van der Waals surface area contributed by atoms with Crippen molar-refractivity contribution in [3.8, 4) is 0 Å². The van der Waals surface area contributed by atoms with Crippen molar-refractivity contribution in [3.63, 3.8) is 0 Å². The molecule has 0 amide bonds. The Labute approximate surface area is 81.5 Å². The van der Waals surface area contributed by atoms with E-state index in [1.807, 2.05) is 6.92 Å². The van der Waals surface area contributed by atoms with Crippen molar-refractivity contribution in [1.29, 1.82) is 0 Å². The van der Waals surface area contributed by atoms with Crippen LogP contribution >= 0.6 is 0 Å². The average molecular weight is 192 g/mol. The highest BCUT2D eigenvalue weighted by molar-refractivity contribution is 5.27. The summed E-state index contributed by atoms with van der Waals surface area (Å²) < 4.78 is 1.80. The Hall–Kier alpha value is -1.52. The molecule has 0 bridgehead atoms. The minimum absolute atomic E-state index is 0.298. The summed E-state index contributed by atoms with van der Waals surface area (Å²) in [5.74, 6) is 0. The number of nitrogens with one attached hydrogen (secondary N) is 1. The highest BCUT2D eigenvalue weighted by atomic mass is 15.4. The highest BCUT2D eigenvalue weighted by Gasteiger charge is 2.17. The summed E-state index contributed by atoms with van der Waals surface area (Å²) in [5, 5.41) is 11.2. The van der Waals surface area contributed by atoms with E-state index in [0.29, 0.717) is 6.67 Å². The molecule has 0 aliphatic carbocycles. The van der Waals surface area contributed by atoms with Crippen LogP contribution in [-0.2, 0) is 19.6 Å². The molecule has 0 spiro atoms. The van der Waals surface area contributed by atoms with Crippen LogP contribution in [0.5, 0.6) is 0 Å². The van der Waals surface area contributed by atoms with E-state index in [-0.39, 0.29) is 0 Å². The third-order valence-electron chi connectivity index (χ3n) is 2.47. The molecule has 14 heavy (non-hydrogen) atoms. The zero-order valence-corrected chi connectivity index (χ0v) is 8.06. The Morgan fingerprint density at radius 1 is 1.71 bits per heavy atom. The lowest BCUT2D eigenvalue weighted by Gasteiger charge is -2.14. The van der Waals surface area contributed by atoms with Crippen LogP contribution in [0.4, 0.5) is 0 Å². The molecule has 1 aliphatic heterocycles. The molecule has 0 radical (unpaired) electrons. The van der Waals surface area contributed by atoms with Crippen molar-refractivity contribution in [3.05, 3.63) is 27.4 Å². The quantitative estimate of drug-likeness (QED) is 0.432. The van der Waals surface area contributed by atoms with Crippen molar-refractivity contribution in [1.82, 2.24) is 15.1 Å². The maximum atomic E-state index is 8.24. The number of aryl methyl sites for hydroxylation is 1. The fourth-order valence-corrected chi connectivity index (χ4v) is 1.80. The molecule has 1 N–H and O–H groups in total. The third kappa shape index (κ3) is 1.45.